The first kappa shape index (κ1) is 29.5. The van der Waals surface area contributed by atoms with Gasteiger partial charge in [0.15, 0.2) is 14.9 Å². The van der Waals surface area contributed by atoms with Crippen molar-refractivity contribution in [3.05, 3.63) is 34.0 Å². The molecule has 2 aromatic heterocycles. The van der Waals surface area contributed by atoms with E-state index in [0.29, 0.717) is 37.3 Å². The summed E-state index contributed by atoms with van der Waals surface area (Å²) in [7, 11) is -3.44. The molecule has 214 valence electrons. The molecule has 2 aliphatic carbocycles. The van der Waals surface area contributed by atoms with Gasteiger partial charge in [0, 0.05) is 29.2 Å². The highest BCUT2D eigenvalue weighted by Crippen LogP contribution is 2.42. The molecule has 2 heterocycles. The van der Waals surface area contributed by atoms with Crippen molar-refractivity contribution in [3.8, 4) is 5.88 Å². The number of nitrogens with zero attached hydrogens (tertiary/aromatic N) is 2. The molecule has 0 spiro atoms. The summed E-state index contributed by atoms with van der Waals surface area (Å²) < 4.78 is 29.8. The third kappa shape index (κ3) is 7.01. The molecule has 0 aromatic carbocycles. The van der Waals surface area contributed by atoms with Gasteiger partial charge in [0.2, 0.25) is 11.8 Å². The van der Waals surface area contributed by atoms with E-state index in [0.717, 1.165) is 36.8 Å². The summed E-state index contributed by atoms with van der Waals surface area (Å²) in [6.45, 7) is 8.38. The highest BCUT2D eigenvalue weighted by molar-refractivity contribution is 7.90. The standard InChI is InChI=1S/C29H40N2O6S2/c1-18-9-11-19(12-10-18)27(32)31(22-17-23(29(2,3)4)38-26(22)28(33)34)20-13-15-21(16-14-20)37-24-7-6-8-25(30-24)39(5,35)36/h6-8,17-21H,9-16H2,1-5H3,(H,33,34)/t18-,19-,20-,21-. The van der Waals surface area contributed by atoms with E-state index >= 15 is 0 Å². The number of aromatic carboxylic acids is 1. The van der Waals surface area contributed by atoms with Gasteiger partial charge in [-0.1, -0.05) is 33.8 Å². The van der Waals surface area contributed by atoms with Crippen LogP contribution in [0.2, 0.25) is 0 Å². The lowest BCUT2D eigenvalue weighted by Crippen LogP contribution is -2.47. The number of amides is 1. The third-order valence-corrected chi connectivity index (χ3v) is 10.4. The minimum Gasteiger partial charge on any atom is -0.477 e. The Kier molecular flexibility index (Phi) is 8.76. The molecular formula is C29H40N2O6S2. The average Bonchev–Trinajstić information content (AvgIpc) is 3.31. The largest absolute Gasteiger partial charge is 0.477 e. The summed E-state index contributed by atoms with van der Waals surface area (Å²) in [6.07, 6.45) is 7.24. The van der Waals surface area contributed by atoms with E-state index in [1.807, 2.05) is 11.0 Å². The number of ether oxygens (including phenoxy) is 1. The van der Waals surface area contributed by atoms with Gasteiger partial charge in [-0.05, 0) is 74.8 Å². The van der Waals surface area contributed by atoms with Crippen molar-refractivity contribution in [3.63, 3.8) is 0 Å². The van der Waals surface area contributed by atoms with E-state index in [2.05, 4.69) is 32.7 Å². The predicted molar refractivity (Wildman–Crippen MR) is 153 cm³/mol. The van der Waals surface area contributed by atoms with Gasteiger partial charge in [0.25, 0.3) is 0 Å². The van der Waals surface area contributed by atoms with Crippen LogP contribution in [0.4, 0.5) is 5.69 Å². The molecule has 2 aliphatic rings. The fraction of sp³-hybridized carbons (Fsp3) is 0.621. The lowest BCUT2D eigenvalue weighted by Gasteiger charge is -2.39. The zero-order valence-corrected chi connectivity index (χ0v) is 25.1. The summed E-state index contributed by atoms with van der Waals surface area (Å²) in [5, 5.41) is 10.1. The van der Waals surface area contributed by atoms with Gasteiger partial charge in [-0.3, -0.25) is 4.79 Å². The summed E-state index contributed by atoms with van der Waals surface area (Å²) in [5.74, 6) is -0.193. The van der Waals surface area contributed by atoms with Crippen LogP contribution in [-0.4, -0.2) is 48.8 Å². The molecule has 0 radical (unpaired) electrons. The molecule has 2 fully saturated rings. The lowest BCUT2D eigenvalue weighted by atomic mass is 9.81. The monoisotopic (exact) mass is 576 g/mol. The summed E-state index contributed by atoms with van der Waals surface area (Å²) >= 11 is 1.26. The quantitative estimate of drug-likeness (QED) is 0.424. The van der Waals surface area contributed by atoms with Crippen LogP contribution < -0.4 is 9.64 Å². The zero-order chi connectivity index (χ0) is 28.5. The summed E-state index contributed by atoms with van der Waals surface area (Å²) in [4.78, 5) is 33.6. The second-order valence-corrected chi connectivity index (χ2v) is 15.2. The van der Waals surface area contributed by atoms with Crippen LogP contribution >= 0.6 is 11.3 Å². The van der Waals surface area contributed by atoms with Crippen molar-refractivity contribution in [1.29, 1.82) is 0 Å². The summed E-state index contributed by atoms with van der Waals surface area (Å²) in [6, 6.07) is 6.50. The molecule has 0 atom stereocenters. The molecule has 0 aliphatic heterocycles. The first-order valence-electron chi connectivity index (χ1n) is 13.8. The minimum absolute atomic E-state index is 0.0273. The smallest absolute Gasteiger partial charge is 0.348 e. The fourth-order valence-corrected chi connectivity index (χ4v) is 7.17. The van der Waals surface area contributed by atoms with Crippen LogP contribution in [0.15, 0.2) is 29.3 Å². The molecule has 0 unspecified atom stereocenters. The molecular weight excluding hydrogens is 536 g/mol. The minimum atomic E-state index is -3.44. The van der Waals surface area contributed by atoms with Crippen molar-refractivity contribution < 1.29 is 27.9 Å². The maximum atomic E-state index is 14.1. The number of pyridine rings is 1. The van der Waals surface area contributed by atoms with Crippen LogP contribution in [0.1, 0.15) is 93.6 Å². The molecule has 2 saturated carbocycles. The maximum absolute atomic E-state index is 14.1. The van der Waals surface area contributed by atoms with Crippen LogP contribution in [0.5, 0.6) is 5.88 Å². The molecule has 10 heteroatoms. The highest BCUT2D eigenvalue weighted by Gasteiger charge is 2.38. The average molecular weight is 577 g/mol. The number of aromatic nitrogens is 1. The summed E-state index contributed by atoms with van der Waals surface area (Å²) in [5.41, 5.74) is 0.286. The Morgan fingerprint density at radius 1 is 1.05 bits per heavy atom. The van der Waals surface area contributed by atoms with Gasteiger partial charge >= 0.3 is 5.97 Å². The maximum Gasteiger partial charge on any atom is 0.348 e. The molecule has 4 rings (SSSR count). The van der Waals surface area contributed by atoms with Crippen molar-refractivity contribution in [1.82, 2.24) is 4.98 Å². The number of sulfone groups is 1. The first-order chi connectivity index (χ1) is 18.2. The third-order valence-electron chi connectivity index (χ3n) is 7.88. The normalized spacial score (nSPS) is 24.2. The number of hydrogen-bond acceptors (Lipinski definition) is 7. The highest BCUT2D eigenvalue weighted by atomic mass is 32.2. The van der Waals surface area contributed by atoms with Crippen LogP contribution in [0.25, 0.3) is 0 Å². The Balaban J connectivity index is 1.58. The lowest BCUT2D eigenvalue weighted by molar-refractivity contribution is -0.124. The van der Waals surface area contributed by atoms with Crippen LogP contribution in [-0.2, 0) is 20.0 Å². The van der Waals surface area contributed by atoms with Crippen molar-refractivity contribution in [2.45, 2.75) is 102 Å². The number of anilines is 1. The van der Waals surface area contributed by atoms with Crippen molar-refractivity contribution in [2.24, 2.45) is 11.8 Å². The second-order valence-electron chi connectivity index (χ2n) is 12.2. The van der Waals surface area contributed by atoms with E-state index in [-0.39, 0.29) is 45.2 Å². The number of carbonyl (C=O) groups is 2. The topological polar surface area (TPSA) is 114 Å². The van der Waals surface area contributed by atoms with E-state index < -0.39 is 15.8 Å². The molecule has 39 heavy (non-hydrogen) atoms. The van der Waals surface area contributed by atoms with E-state index in [9.17, 15) is 23.1 Å². The van der Waals surface area contributed by atoms with Crippen LogP contribution in [0.3, 0.4) is 0 Å². The van der Waals surface area contributed by atoms with Crippen molar-refractivity contribution >= 4 is 38.7 Å². The number of carboxylic acids is 1. The van der Waals surface area contributed by atoms with E-state index in [1.165, 1.54) is 17.4 Å². The van der Waals surface area contributed by atoms with Gasteiger partial charge in [0.05, 0.1) is 5.69 Å². The molecule has 2 aromatic rings. The van der Waals surface area contributed by atoms with Gasteiger partial charge in [-0.15, -0.1) is 11.3 Å². The molecule has 1 amide bonds. The van der Waals surface area contributed by atoms with Gasteiger partial charge in [-0.2, -0.15) is 0 Å². The van der Waals surface area contributed by atoms with E-state index in [1.54, 1.807) is 12.1 Å². The number of rotatable bonds is 7. The van der Waals surface area contributed by atoms with Gasteiger partial charge in [0.1, 0.15) is 11.0 Å². The number of carboxylic acid groups (broad SMARTS) is 1. The Bertz CT molecular complexity index is 1300. The van der Waals surface area contributed by atoms with Gasteiger partial charge < -0.3 is 14.7 Å². The molecule has 8 nitrogen and oxygen atoms in total. The number of carbonyl (C=O) groups excluding carboxylic acids is 1. The SMILES string of the molecule is CC(C)(C)c1cc(N(C(=O)[C@H]2CC[C@H](C)CC2)[C@H]2CC[C@H](Oc3cccc(S(C)(=O)=O)n3)CC2)c(C(=O)O)s1. The Labute approximate surface area is 235 Å². The molecule has 1 N–H and O–H groups in total. The first-order valence-corrected chi connectivity index (χ1v) is 16.5. The molecule has 0 bridgehead atoms. The number of hydrogen-bond donors (Lipinski definition) is 1. The Morgan fingerprint density at radius 3 is 2.26 bits per heavy atom. The second kappa shape index (κ2) is 11.6. The van der Waals surface area contributed by atoms with E-state index in [4.69, 9.17) is 4.74 Å². The Hall–Kier alpha value is -2.46. The predicted octanol–water partition coefficient (Wildman–Crippen LogP) is 6.09. The zero-order valence-electron chi connectivity index (χ0n) is 23.5. The van der Waals surface area contributed by atoms with Crippen LogP contribution in [0, 0.1) is 11.8 Å². The molecule has 0 saturated heterocycles. The fourth-order valence-electron chi connectivity index (χ4n) is 5.54. The van der Waals surface area contributed by atoms with Crippen molar-refractivity contribution in [2.75, 3.05) is 11.2 Å². The number of thiophene rings is 1. The van der Waals surface area contributed by atoms with Gasteiger partial charge in [-0.25, -0.2) is 18.2 Å². The Morgan fingerprint density at radius 2 is 1.69 bits per heavy atom.